The van der Waals surface area contributed by atoms with Crippen molar-refractivity contribution in [2.24, 2.45) is 0 Å². The maximum absolute atomic E-state index is 12.6. The van der Waals surface area contributed by atoms with Crippen molar-refractivity contribution in [3.63, 3.8) is 0 Å². The summed E-state index contributed by atoms with van der Waals surface area (Å²) in [5, 5.41) is 9.49. The number of carbonyl (C=O) groups excluding carboxylic acids is 1. The summed E-state index contributed by atoms with van der Waals surface area (Å²) in [6.07, 6.45) is 0. The number of rotatable bonds is 9. The van der Waals surface area contributed by atoms with Gasteiger partial charge in [-0.05, 0) is 47.8 Å². The summed E-state index contributed by atoms with van der Waals surface area (Å²) in [7, 11) is -2.14. The summed E-state index contributed by atoms with van der Waals surface area (Å²) < 4.78 is 42.6. The number of esters is 1. The summed E-state index contributed by atoms with van der Waals surface area (Å²) in [5.74, 6) is 0.281. The largest absolute Gasteiger partial charge is 0.482 e. The first kappa shape index (κ1) is 22.5. The van der Waals surface area contributed by atoms with E-state index in [-0.39, 0.29) is 23.3 Å². The Labute approximate surface area is 194 Å². The topological polar surface area (TPSA) is 112 Å². The number of hydrogen-bond donors (Lipinski definition) is 0. The lowest BCUT2D eigenvalue weighted by Crippen LogP contribution is -2.25. The fraction of sp³-hybridized carbons (Fsp3) is 0.136. The zero-order valence-electron chi connectivity index (χ0n) is 17.5. The molecule has 0 spiro atoms. The van der Waals surface area contributed by atoms with Crippen molar-refractivity contribution in [1.29, 1.82) is 0 Å². The second kappa shape index (κ2) is 9.84. The van der Waals surface area contributed by atoms with E-state index in [2.05, 4.69) is 10.2 Å². The summed E-state index contributed by atoms with van der Waals surface area (Å²) >= 11 is 1.15. The third-order valence-electron chi connectivity index (χ3n) is 4.51. The molecule has 2 aromatic heterocycles. The van der Waals surface area contributed by atoms with Crippen molar-refractivity contribution in [1.82, 2.24) is 10.2 Å². The smallest absolute Gasteiger partial charge is 0.344 e. The number of benzene rings is 2. The first-order valence-corrected chi connectivity index (χ1v) is 12.0. The summed E-state index contributed by atoms with van der Waals surface area (Å²) in [5.41, 5.74) is 1.23. The lowest BCUT2D eigenvalue weighted by molar-refractivity contribution is -0.148. The standard InChI is InChI=1S/C22H19N3O6S2/c1-25(33(27,28)21-8-5-13-32-21)17-9-11-18(12-10-17)29-15-20(26)30-14-19-23-24-22(31-19)16-6-3-2-4-7-16/h2-13H,14-15H2,1H3. The highest BCUT2D eigenvalue weighted by Gasteiger charge is 2.22. The van der Waals surface area contributed by atoms with Gasteiger partial charge in [-0.25, -0.2) is 13.2 Å². The van der Waals surface area contributed by atoms with Gasteiger partial charge in [-0.15, -0.1) is 21.5 Å². The van der Waals surface area contributed by atoms with Crippen LogP contribution in [0, 0.1) is 0 Å². The summed E-state index contributed by atoms with van der Waals surface area (Å²) in [6, 6.07) is 18.8. The lowest BCUT2D eigenvalue weighted by Gasteiger charge is -2.18. The van der Waals surface area contributed by atoms with Gasteiger partial charge in [-0.3, -0.25) is 4.31 Å². The molecule has 2 aromatic carbocycles. The summed E-state index contributed by atoms with van der Waals surface area (Å²) in [4.78, 5) is 12.0. The van der Waals surface area contributed by atoms with Crippen LogP contribution in [0.1, 0.15) is 5.89 Å². The van der Waals surface area contributed by atoms with Crippen LogP contribution in [0.3, 0.4) is 0 Å². The fourth-order valence-electron chi connectivity index (χ4n) is 2.77. The highest BCUT2D eigenvalue weighted by atomic mass is 32.2. The molecule has 0 aliphatic carbocycles. The van der Waals surface area contributed by atoms with Crippen LogP contribution in [0.4, 0.5) is 5.69 Å². The average Bonchev–Trinajstić information content (AvgIpc) is 3.55. The van der Waals surface area contributed by atoms with Gasteiger partial charge in [0, 0.05) is 12.6 Å². The number of sulfonamides is 1. The van der Waals surface area contributed by atoms with Crippen molar-refractivity contribution in [3.05, 3.63) is 78.0 Å². The van der Waals surface area contributed by atoms with Crippen LogP contribution in [0.2, 0.25) is 0 Å². The highest BCUT2D eigenvalue weighted by molar-refractivity contribution is 7.94. The average molecular weight is 486 g/mol. The molecule has 2 heterocycles. The van der Waals surface area contributed by atoms with Crippen LogP contribution in [-0.4, -0.2) is 38.2 Å². The molecule has 0 unspecified atom stereocenters. The minimum absolute atomic E-state index is 0.168. The Kier molecular flexibility index (Phi) is 6.71. The van der Waals surface area contributed by atoms with Crippen LogP contribution in [-0.2, 0) is 26.2 Å². The highest BCUT2D eigenvalue weighted by Crippen LogP contribution is 2.26. The molecule has 4 aromatic rings. The number of carbonyl (C=O) groups is 1. The monoisotopic (exact) mass is 485 g/mol. The molecule has 170 valence electrons. The number of anilines is 1. The number of nitrogens with zero attached hydrogens (tertiary/aromatic N) is 3. The van der Waals surface area contributed by atoms with Crippen LogP contribution in [0.15, 0.2) is 80.7 Å². The molecule has 4 rings (SSSR count). The van der Waals surface area contributed by atoms with Crippen LogP contribution < -0.4 is 9.04 Å². The van der Waals surface area contributed by atoms with E-state index >= 15 is 0 Å². The molecule has 0 saturated heterocycles. The lowest BCUT2D eigenvalue weighted by atomic mass is 10.2. The van der Waals surface area contributed by atoms with E-state index in [1.165, 1.54) is 11.4 Å². The van der Waals surface area contributed by atoms with Gasteiger partial charge in [-0.2, -0.15) is 0 Å². The van der Waals surface area contributed by atoms with E-state index in [9.17, 15) is 13.2 Å². The van der Waals surface area contributed by atoms with Crippen molar-refractivity contribution < 1.29 is 27.1 Å². The van der Waals surface area contributed by atoms with Gasteiger partial charge in [0.1, 0.15) is 9.96 Å². The predicted molar refractivity (Wildman–Crippen MR) is 121 cm³/mol. The molecule has 0 bridgehead atoms. The summed E-state index contributed by atoms with van der Waals surface area (Å²) in [6.45, 7) is -0.505. The Bertz CT molecular complexity index is 1300. The van der Waals surface area contributed by atoms with Crippen molar-refractivity contribution >= 4 is 33.0 Å². The minimum Gasteiger partial charge on any atom is -0.482 e. The van der Waals surface area contributed by atoms with E-state index in [0.29, 0.717) is 17.3 Å². The molecule has 0 saturated carbocycles. The number of hydrogen-bond acceptors (Lipinski definition) is 9. The molecule has 0 fully saturated rings. The maximum atomic E-state index is 12.6. The molecular formula is C22H19N3O6S2. The van der Waals surface area contributed by atoms with E-state index in [1.807, 2.05) is 30.3 Å². The predicted octanol–water partition coefficient (Wildman–Crippen LogP) is 3.75. The van der Waals surface area contributed by atoms with Crippen LogP contribution in [0.5, 0.6) is 5.75 Å². The number of aromatic nitrogens is 2. The van der Waals surface area contributed by atoms with Crippen molar-refractivity contribution in [3.8, 4) is 17.2 Å². The van der Waals surface area contributed by atoms with Gasteiger partial charge in [0.15, 0.2) is 13.2 Å². The van der Waals surface area contributed by atoms with Gasteiger partial charge in [0.2, 0.25) is 5.89 Å². The molecule has 0 amide bonds. The van der Waals surface area contributed by atoms with Crippen LogP contribution >= 0.6 is 11.3 Å². The normalized spacial score (nSPS) is 11.2. The minimum atomic E-state index is -3.62. The Morgan fingerprint density at radius 1 is 1.03 bits per heavy atom. The van der Waals surface area contributed by atoms with Gasteiger partial charge in [0.25, 0.3) is 15.9 Å². The quantitative estimate of drug-likeness (QED) is 0.330. The molecule has 0 N–H and O–H groups in total. The molecule has 0 aliphatic rings. The zero-order valence-corrected chi connectivity index (χ0v) is 19.1. The van der Waals surface area contributed by atoms with Gasteiger partial charge >= 0.3 is 5.97 Å². The molecule has 11 heteroatoms. The Hall–Kier alpha value is -3.70. The van der Waals surface area contributed by atoms with E-state index in [1.54, 1.807) is 41.8 Å². The van der Waals surface area contributed by atoms with E-state index in [4.69, 9.17) is 13.9 Å². The molecular weight excluding hydrogens is 466 g/mol. The van der Waals surface area contributed by atoms with Crippen LogP contribution in [0.25, 0.3) is 11.5 Å². The second-order valence-corrected chi connectivity index (χ2v) is 9.86. The molecule has 33 heavy (non-hydrogen) atoms. The number of ether oxygens (including phenoxy) is 2. The van der Waals surface area contributed by atoms with E-state index in [0.717, 1.165) is 16.9 Å². The maximum Gasteiger partial charge on any atom is 0.344 e. The Morgan fingerprint density at radius 3 is 2.48 bits per heavy atom. The first-order chi connectivity index (χ1) is 15.9. The Morgan fingerprint density at radius 2 is 1.79 bits per heavy atom. The molecule has 0 aliphatic heterocycles. The second-order valence-electron chi connectivity index (χ2n) is 6.71. The van der Waals surface area contributed by atoms with Crippen molar-refractivity contribution in [2.45, 2.75) is 10.8 Å². The molecule has 0 radical (unpaired) electrons. The SMILES string of the molecule is CN(c1ccc(OCC(=O)OCc2nnc(-c3ccccc3)o2)cc1)S(=O)(=O)c1cccs1. The zero-order chi connectivity index (χ0) is 23.3. The number of thiophene rings is 1. The third kappa shape index (κ3) is 5.38. The van der Waals surface area contributed by atoms with Gasteiger partial charge in [-0.1, -0.05) is 24.3 Å². The fourth-order valence-corrected chi connectivity index (χ4v) is 5.13. The Balaban J connectivity index is 1.27. The third-order valence-corrected chi connectivity index (χ3v) is 7.67. The first-order valence-electron chi connectivity index (χ1n) is 9.72. The van der Waals surface area contributed by atoms with Gasteiger partial charge < -0.3 is 13.9 Å². The molecule has 0 atom stereocenters. The molecule has 9 nitrogen and oxygen atoms in total. The van der Waals surface area contributed by atoms with E-state index < -0.39 is 16.0 Å². The van der Waals surface area contributed by atoms with Crippen molar-refractivity contribution in [2.75, 3.05) is 18.0 Å². The van der Waals surface area contributed by atoms with Gasteiger partial charge in [0.05, 0.1) is 5.69 Å².